The third-order valence-corrected chi connectivity index (χ3v) is 5.68. The van der Waals surface area contributed by atoms with E-state index in [-0.39, 0.29) is 9.04 Å². The number of allylic oxidation sites excluding steroid dienone is 1. The summed E-state index contributed by atoms with van der Waals surface area (Å²) in [6.45, 7) is 3.27. The van der Waals surface area contributed by atoms with Crippen molar-refractivity contribution in [1.29, 1.82) is 0 Å². The number of hydrogen-bond acceptors (Lipinski definition) is 1. The van der Waals surface area contributed by atoms with E-state index in [1.807, 2.05) is 0 Å². The average Bonchev–Trinajstić information content (AvgIpc) is 2.50. The van der Waals surface area contributed by atoms with E-state index >= 15 is 0 Å². The van der Waals surface area contributed by atoms with Crippen LogP contribution in [0.15, 0.2) is 42.5 Å². The van der Waals surface area contributed by atoms with Crippen LogP contribution in [0.1, 0.15) is 24.0 Å². The fourth-order valence-corrected chi connectivity index (χ4v) is 4.25. The largest absolute Gasteiger partial charge is 0.417 e. The summed E-state index contributed by atoms with van der Waals surface area (Å²) in [7, 11) is -0.293. The fourth-order valence-electron chi connectivity index (χ4n) is 2.87. The van der Waals surface area contributed by atoms with Crippen molar-refractivity contribution in [1.82, 2.24) is 0 Å². The van der Waals surface area contributed by atoms with E-state index in [0.29, 0.717) is 0 Å². The predicted octanol–water partition coefficient (Wildman–Crippen LogP) is 4.83. The zero-order chi connectivity index (χ0) is 13.8. The molecule has 4 rings (SSSR count). The molecular weight excluding hydrogens is 260 g/mol. The zero-order valence-corrected chi connectivity index (χ0v) is 13.1. The molecule has 20 heavy (non-hydrogen) atoms. The van der Waals surface area contributed by atoms with Gasteiger partial charge in [-0.1, -0.05) is 55.0 Å². The van der Waals surface area contributed by atoms with Gasteiger partial charge in [0.1, 0.15) is 0 Å². The van der Waals surface area contributed by atoms with Crippen LogP contribution < -0.4 is 0 Å². The molecule has 0 bridgehead atoms. The van der Waals surface area contributed by atoms with Gasteiger partial charge in [-0.25, -0.2) is 0 Å². The van der Waals surface area contributed by atoms with Gasteiger partial charge in [-0.05, 0) is 47.3 Å². The van der Waals surface area contributed by atoms with Crippen molar-refractivity contribution in [2.45, 2.75) is 31.9 Å². The summed E-state index contributed by atoms with van der Waals surface area (Å²) in [4.78, 5) is 0. The van der Waals surface area contributed by atoms with Crippen LogP contribution in [0.4, 0.5) is 0 Å². The fraction of sp³-hybridized carbons (Fsp3) is 0.333. The molecule has 2 heteroatoms. The van der Waals surface area contributed by atoms with E-state index in [9.17, 15) is 0 Å². The Hall–Kier alpha value is -1.38. The Morgan fingerprint density at radius 3 is 2.60 bits per heavy atom. The molecule has 0 unspecified atom stereocenters. The second-order valence-electron chi connectivity index (χ2n) is 5.48. The maximum Gasteiger partial charge on any atom is 0.208 e. The minimum atomic E-state index is -0.293. The third-order valence-electron chi connectivity index (χ3n) is 3.93. The van der Waals surface area contributed by atoms with Gasteiger partial charge in [0.15, 0.2) is 0 Å². The molecule has 2 aromatic rings. The lowest BCUT2D eigenvalue weighted by atomic mass is 9.93. The van der Waals surface area contributed by atoms with E-state index < -0.39 is 0 Å². The molecule has 2 aliphatic rings. The molecule has 1 aliphatic heterocycles. The Bertz CT molecular complexity index is 607. The molecule has 103 valence electrons. The molecule has 0 N–H and O–H groups in total. The van der Waals surface area contributed by atoms with Crippen LogP contribution in [-0.4, -0.2) is 15.6 Å². The molecular formula is C18H21OSi. The first-order valence-electron chi connectivity index (χ1n) is 7.47. The van der Waals surface area contributed by atoms with Gasteiger partial charge in [-0.2, -0.15) is 0 Å². The Labute approximate surface area is 123 Å². The molecule has 1 fully saturated rings. The lowest BCUT2D eigenvalue weighted by molar-refractivity contribution is 0.291. The summed E-state index contributed by atoms with van der Waals surface area (Å²) < 4.78 is 5.38. The van der Waals surface area contributed by atoms with Crippen LogP contribution in [0.5, 0.6) is 0 Å². The Morgan fingerprint density at radius 1 is 1.05 bits per heavy atom. The van der Waals surface area contributed by atoms with Crippen LogP contribution in [0.3, 0.4) is 0 Å². The average molecular weight is 281 g/mol. The number of hydrogen-bond donors (Lipinski definition) is 0. The van der Waals surface area contributed by atoms with Gasteiger partial charge in [-0.3, -0.25) is 0 Å². The number of rotatable bonds is 0. The van der Waals surface area contributed by atoms with Crippen molar-refractivity contribution in [2.24, 2.45) is 0 Å². The molecule has 1 radical (unpaired) electrons. The molecule has 0 saturated carbocycles. The van der Waals surface area contributed by atoms with Gasteiger partial charge in [0, 0.05) is 6.61 Å². The van der Waals surface area contributed by atoms with Crippen LogP contribution in [0.25, 0.3) is 16.8 Å². The molecule has 0 spiro atoms. The number of benzene rings is 2. The van der Waals surface area contributed by atoms with Crippen molar-refractivity contribution in [3.63, 3.8) is 0 Å². The lowest BCUT2D eigenvalue weighted by Crippen LogP contribution is -2.18. The highest BCUT2D eigenvalue weighted by Crippen LogP contribution is 2.27. The van der Waals surface area contributed by atoms with E-state index in [1.165, 1.54) is 40.8 Å². The second kappa shape index (κ2) is 6.38. The minimum absolute atomic E-state index is 0.293. The van der Waals surface area contributed by atoms with E-state index in [1.54, 1.807) is 0 Å². The molecule has 0 aromatic heterocycles. The predicted molar refractivity (Wildman–Crippen MR) is 88.3 cm³/mol. The van der Waals surface area contributed by atoms with Gasteiger partial charge in [0.2, 0.25) is 9.04 Å². The quantitative estimate of drug-likeness (QED) is 0.629. The van der Waals surface area contributed by atoms with Crippen LogP contribution >= 0.6 is 0 Å². The summed E-state index contributed by atoms with van der Waals surface area (Å²) in [5.74, 6) is 0. The highest BCUT2D eigenvalue weighted by molar-refractivity contribution is 6.50. The van der Waals surface area contributed by atoms with Crippen molar-refractivity contribution < 1.29 is 4.43 Å². The molecule has 1 aliphatic carbocycles. The lowest BCUT2D eigenvalue weighted by Gasteiger charge is -2.15. The molecule has 1 saturated heterocycles. The molecule has 1 heterocycles. The van der Waals surface area contributed by atoms with Crippen molar-refractivity contribution in [3.8, 4) is 0 Å². The van der Waals surface area contributed by atoms with E-state index in [4.69, 9.17) is 4.43 Å². The Morgan fingerprint density at radius 2 is 1.90 bits per heavy atom. The van der Waals surface area contributed by atoms with Gasteiger partial charge >= 0.3 is 0 Å². The first kappa shape index (κ1) is 13.6. The van der Waals surface area contributed by atoms with E-state index in [0.717, 1.165) is 13.0 Å². The topological polar surface area (TPSA) is 9.23 Å². The Balaban J connectivity index is 0.000000147. The molecule has 1 nitrogen and oxygen atoms in total. The minimum Gasteiger partial charge on any atom is -0.417 e. The summed E-state index contributed by atoms with van der Waals surface area (Å²) >= 11 is 0. The second-order valence-corrected chi connectivity index (χ2v) is 7.67. The molecule has 2 aromatic carbocycles. The van der Waals surface area contributed by atoms with Gasteiger partial charge < -0.3 is 4.43 Å². The summed E-state index contributed by atoms with van der Waals surface area (Å²) in [5.41, 5.74) is 2.81. The van der Waals surface area contributed by atoms with Gasteiger partial charge in [0.05, 0.1) is 0 Å². The summed E-state index contributed by atoms with van der Waals surface area (Å²) in [6.07, 6.45) is 8.23. The normalized spacial score (nSPS) is 17.6. The molecule has 0 amide bonds. The monoisotopic (exact) mass is 281 g/mol. The third kappa shape index (κ3) is 3.02. The molecule has 0 atom stereocenters. The van der Waals surface area contributed by atoms with Crippen LogP contribution in [-0.2, 0) is 10.8 Å². The maximum atomic E-state index is 5.38. The first-order valence-corrected chi connectivity index (χ1v) is 9.58. The summed E-state index contributed by atoms with van der Waals surface area (Å²) in [5, 5.41) is 2.80. The summed E-state index contributed by atoms with van der Waals surface area (Å²) in [6, 6.07) is 14.4. The van der Waals surface area contributed by atoms with Crippen molar-refractivity contribution in [2.75, 3.05) is 6.61 Å². The van der Waals surface area contributed by atoms with Crippen molar-refractivity contribution >= 4 is 25.9 Å². The zero-order valence-electron chi connectivity index (χ0n) is 12.1. The van der Waals surface area contributed by atoms with Crippen LogP contribution in [0.2, 0.25) is 12.6 Å². The first-order chi connectivity index (χ1) is 9.84. The smallest absolute Gasteiger partial charge is 0.208 e. The van der Waals surface area contributed by atoms with E-state index in [2.05, 4.69) is 55.1 Å². The standard InChI is InChI=1S/C13H10.C5H11OSi/c1-4-10-6-2-8-12-9-3-7-11(5-1)13(10)12;1-7-5-3-2-4-6-7/h1-8H,9H2;2-5H2,1H3. The Kier molecular flexibility index (Phi) is 4.33. The van der Waals surface area contributed by atoms with Gasteiger partial charge in [0.25, 0.3) is 0 Å². The van der Waals surface area contributed by atoms with Gasteiger partial charge in [-0.15, -0.1) is 0 Å². The van der Waals surface area contributed by atoms with Crippen LogP contribution in [0, 0.1) is 0 Å². The highest BCUT2D eigenvalue weighted by atomic mass is 28.3. The van der Waals surface area contributed by atoms with Crippen molar-refractivity contribution in [3.05, 3.63) is 53.6 Å². The SMILES string of the molecule is C1=Cc2cccc3cccc(c23)C1.C[Si]1CCCCO1. The highest BCUT2D eigenvalue weighted by Gasteiger charge is 2.09. The maximum absolute atomic E-state index is 5.38.